The zero-order chi connectivity index (χ0) is 37.0. The molecule has 0 saturated carbocycles. The van der Waals surface area contributed by atoms with Crippen LogP contribution in [0.3, 0.4) is 0 Å². The first-order valence-electron chi connectivity index (χ1n) is 17.1. The van der Waals surface area contributed by atoms with Gasteiger partial charge in [-0.2, -0.15) is 0 Å². The summed E-state index contributed by atoms with van der Waals surface area (Å²) in [6.07, 6.45) is 2.90. The Kier molecular flexibility index (Phi) is 22.0. The van der Waals surface area contributed by atoms with Crippen molar-refractivity contribution in [3.05, 3.63) is 34.9 Å². The van der Waals surface area contributed by atoms with Gasteiger partial charge in [0.2, 0.25) is 17.7 Å². The van der Waals surface area contributed by atoms with E-state index in [1.807, 2.05) is 27.7 Å². The summed E-state index contributed by atoms with van der Waals surface area (Å²) < 4.78 is 4.64. The molecule has 0 fully saturated rings. The van der Waals surface area contributed by atoms with Gasteiger partial charge in [0.1, 0.15) is 6.04 Å². The molecule has 3 amide bonds. The van der Waals surface area contributed by atoms with E-state index in [-0.39, 0.29) is 36.8 Å². The lowest BCUT2D eigenvalue weighted by Gasteiger charge is -2.33. The largest absolute Gasteiger partial charge is 0.467 e. The number of amides is 3. The monoisotopic (exact) mass is 693 g/mol. The molecule has 11 nitrogen and oxygen atoms in total. The fourth-order valence-electron chi connectivity index (χ4n) is 5.01. The van der Waals surface area contributed by atoms with E-state index in [0.29, 0.717) is 17.0 Å². The topological polar surface area (TPSA) is 178 Å². The normalized spacial score (nSPS) is 14.8. The number of carbonyl (C=O) groups excluding carboxylic acids is 4. The number of unbranched alkanes of at least 4 members (excludes halogenated alkanes) is 1. The maximum Gasteiger partial charge on any atom is 0.336 e. The Bertz CT molecular complexity index is 1160. The highest BCUT2D eigenvalue weighted by atomic mass is 35.5. The summed E-state index contributed by atoms with van der Waals surface area (Å²) in [7, 11) is 2.30. The number of aliphatic hydroxyl groups is 2. The lowest BCUT2D eigenvalue weighted by molar-refractivity contribution is -0.152. The van der Waals surface area contributed by atoms with Crippen LogP contribution < -0.4 is 16.0 Å². The molecular formula is C35H59BClN4O7. The summed E-state index contributed by atoms with van der Waals surface area (Å²) in [5.41, 5.74) is -0.213. The number of hydrogen-bond donors (Lipinski definition) is 6. The third-order valence-electron chi connectivity index (χ3n) is 7.78. The van der Waals surface area contributed by atoms with Gasteiger partial charge in [0.15, 0.2) is 13.4 Å². The van der Waals surface area contributed by atoms with E-state index < -0.39 is 53.3 Å². The molecule has 1 rings (SSSR count). The van der Waals surface area contributed by atoms with Gasteiger partial charge in [0, 0.05) is 29.6 Å². The number of esters is 1. The zero-order valence-corrected chi connectivity index (χ0v) is 31.1. The number of methoxy groups -OCH3 is 1. The zero-order valence-electron chi connectivity index (χ0n) is 30.3. The van der Waals surface area contributed by atoms with Gasteiger partial charge in [-0.25, -0.2) is 4.79 Å². The third-order valence-corrected chi connectivity index (χ3v) is 8.02. The van der Waals surface area contributed by atoms with Crippen molar-refractivity contribution in [2.75, 3.05) is 7.11 Å². The highest BCUT2D eigenvalue weighted by Gasteiger charge is 2.37. The Morgan fingerprint density at radius 2 is 1.60 bits per heavy atom. The van der Waals surface area contributed by atoms with Crippen molar-refractivity contribution in [1.29, 1.82) is 5.41 Å². The molecule has 0 saturated heterocycles. The van der Waals surface area contributed by atoms with Gasteiger partial charge in [-0.05, 0) is 41.9 Å². The lowest BCUT2D eigenvalue weighted by atomic mass is 9.61. The van der Waals surface area contributed by atoms with E-state index in [4.69, 9.17) is 17.0 Å². The molecule has 0 heterocycles. The fourth-order valence-corrected chi connectivity index (χ4v) is 5.20. The molecule has 0 bridgehead atoms. The highest BCUT2D eigenvalue weighted by Crippen LogP contribution is 2.22. The van der Waals surface area contributed by atoms with Crippen molar-refractivity contribution < 1.29 is 34.1 Å². The summed E-state index contributed by atoms with van der Waals surface area (Å²) in [4.78, 5) is 52.5. The van der Waals surface area contributed by atoms with Crippen LogP contribution in [0.2, 0.25) is 5.02 Å². The SMILES string of the molecule is CC.CCCCC(CC)CC(=O)NC(C(=O)NC([B]C(O)CC(=N)c1cccc(Cl)c1)C(=O)NC(CCC)C(O)C(=O)OC)C(C)(C)C. The smallest absolute Gasteiger partial charge is 0.336 e. The third kappa shape index (κ3) is 16.4. The fraction of sp³-hybridized carbons (Fsp3) is 0.686. The Balaban J connectivity index is 0.0000108. The van der Waals surface area contributed by atoms with Gasteiger partial charge in [-0.15, -0.1) is 0 Å². The maximum absolute atomic E-state index is 13.7. The van der Waals surface area contributed by atoms with Crippen LogP contribution in [0.25, 0.3) is 0 Å². The summed E-state index contributed by atoms with van der Waals surface area (Å²) >= 11 is 6.05. The molecule has 0 aliphatic carbocycles. The molecule has 6 N–H and O–H groups in total. The molecule has 271 valence electrons. The van der Waals surface area contributed by atoms with Crippen LogP contribution >= 0.6 is 11.6 Å². The van der Waals surface area contributed by atoms with E-state index in [1.54, 1.807) is 45.0 Å². The van der Waals surface area contributed by atoms with Crippen molar-refractivity contribution in [1.82, 2.24) is 16.0 Å². The van der Waals surface area contributed by atoms with Gasteiger partial charge in [0.05, 0.1) is 19.1 Å². The second-order valence-electron chi connectivity index (χ2n) is 12.8. The Morgan fingerprint density at radius 1 is 0.958 bits per heavy atom. The van der Waals surface area contributed by atoms with E-state index in [2.05, 4.69) is 27.6 Å². The molecule has 0 spiro atoms. The van der Waals surface area contributed by atoms with Crippen LogP contribution in [0.15, 0.2) is 24.3 Å². The minimum atomic E-state index is -1.66. The number of aliphatic hydroxyl groups excluding tert-OH is 2. The van der Waals surface area contributed by atoms with E-state index in [1.165, 1.54) is 7.28 Å². The standard InChI is InChI=1S/C33H53BClN4O7.C2H6/c1-8-11-14-20(10-3)17-26(41)38-28(33(4,5)6)30(43)39-29(31(44)37-24(13-9-2)27(42)32(45)46-7)34-25(40)19-23(36)21-15-12-16-22(35)18-21;1-2/h12,15-16,18,20,24-25,27-29,36,40,42H,8-11,13-14,17,19H2,1-7H3,(H,37,44)(H,38,41)(H,39,43);1-2H3. The van der Waals surface area contributed by atoms with Gasteiger partial charge in [-0.1, -0.05) is 105 Å². The first kappa shape index (κ1) is 45.0. The van der Waals surface area contributed by atoms with E-state index in [9.17, 15) is 29.4 Å². The first-order valence-corrected chi connectivity index (χ1v) is 17.5. The molecule has 0 aromatic heterocycles. The molecule has 1 aromatic carbocycles. The number of carbonyl (C=O) groups is 4. The Morgan fingerprint density at radius 3 is 2.12 bits per heavy atom. The minimum Gasteiger partial charge on any atom is -0.467 e. The van der Waals surface area contributed by atoms with Crippen LogP contribution in [-0.2, 0) is 23.9 Å². The van der Waals surface area contributed by atoms with Gasteiger partial charge in [-0.3, -0.25) is 14.4 Å². The molecule has 6 atom stereocenters. The number of rotatable bonds is 20. The highest BCUT2D eigenvalue weighted by molar-refractivity contribution is 6.46. The maximum atomic E-state index is 13.7. The number of ether oxygens (including phenoxy) is 1. The molecular weight excluding hydrogens is 635 g/mol. The Hall–Kier alpha value is -2.96. The average molecular weight is 694 g/mol. The molecule has 0 aliphatic heterocycles. The van der Waals surface area contributed by atoms with Crippen molar-refractivity contribution >= 4 is 48.3 Å². The molecule has 1 radical (unpaired) electrons. The average Bonchev–Trinajstić information content (AvgIpc) is 3.04. The predicted octanol–water partition coefficient (Wildman–Crippen LogP) is 4.55. The van der Waals surface area contributed by atoms with Crippen molar-refractivity contribution in [3.8, 4) is 0 Å². The number of nitrogens with one attached hydrogen (secondary N) is 4. The quantitative estimate of drug-likeness (QED) is 0.0659. The predicted molar refractivity (Wildman–Crippen MR) is 192 cm³/mol. The number of halogens is 1. The second-order valence-corrected chi connectivity index (χ2v) is 13.2. The van der Waals surface area contributed by atoms with Crippen molar-refractivity contribution in [2.24, 2.45) is 11.3 Å². The summed E-state index contributed by atoms with van der Waals surface area (Å²) in [5, 5.41) is 38.4. The first-order chi connectivity index (χ1) is 22.6. The minimum absolute atomic E-state index is 0.0510. The van der Waals surface area contributed by atoms with Crippen molar-refractivity contribution in [3.63, 3.8) is 0 Å². The number of benzene rings is 1. The summed E-state index contributed by atoms with van der Waals surface area (Å²) in [6, 6.07) is 3.15. The van der Waals surface area contributed by atoms with Crippen LogP contribution in [-0.4, -0.2) is 84.1 Å². The molecule has 0 aliphatic rings. The molecule has 6 unspecified atom stereocenters. The second kappa shape index (κ2) is 23.4. The van der Waals surface area contributed by atoms with Crippen LogP contribution in [0, 0.1) is 16.7 Å². The molecule has 48 heavy (non-hydrogen) atoms. The van der Waals surface area contributed by atoms with Crippen LogP contribution in [0.1, 0.15) is 112 Å². The summed E-state index contributed by atoms with van der Waals surface area (Å²) in [6.45, 7) is 15.3. The molecule has 1 aromatic rings. The number of hydrogen-bond acceptors (Lipinski definition) is 8. The van der Waals surface area contributed by atoms with E-state index >= 15 is 0 Å². The van der Waals surface area contributed by atoms with Gasteiger partial charge in [0.25, 0.3) is 0 Å². The van der Waals surface area contributed by atoms with E-state index in [0.717, 1.165) is 32.8 Å². The summed E-state index contributed by atoms with van der Waals surface area (Å²) in [5.74, 6) is -3.93. The van der Waals surface area contributed by atoms with Gasteiger partial charge < -0.3 is 36.3 Å². The van der Waals surface area contributed by atoms with Gasteiger partial charge >= 0.3 is 5.97 Å². The van der Waals surface area contributed by atoms with Crippen LogP contribution in [0.4, 0.5) is 0 Å². The van der Waals surface area contributed by atoms with Crippen LogP contribution in [0.5, 0.6) is 0 Å². The lowest BCUT2D eigenvalue weighted by Crippen LogP contribution is -2.62. The van der Waals surface area contributed by atoms with Crippen molar-refractivity contribution in [2.45, 2.75) is 137 Å². The molecule has 13 heteroatoms. The Labute approximate surface area is 293 Å².